The zero-order chi connectivity index (χ0) is 14.5. The van der Waals surface area contributed by atoms with Gasteiger partial charge in [0.25, 0.3) is 0 Å². The second-order valence-electron chi connectivity index (χ2n) is 4.87. The molecule has 110 valence electrons. The molecule has 0 spiro atoms. The molecule has 0 saturated carbocycles. The smallest absolute Gasteiger partial charge is 0.161 e. The van der Waals surface area contributed by atoms with Gasteiger partial charge < -0.3 is 14.8 Å². The van der Waals surface area contributed by atoms with Crippen molar-refractivity contribution in [1.29, 1.82) is 0 Å². The molecule has 1 atom stereocenters. The van der Waals surface area contributed by atoms with Crippen molar-refractivity contribution in [3.8, 4) is 11.5 Å². The number of hydrogen-bond acceptors (Lipinski definition) is 4. The molecule has 2 aromatic rings. The number of ether oxygens (including phenoxy) is 2. The summed E-state index contributed by atoms with van der Waals surface area (Å²) in [5, 5.41) is 3.38. The summed E-state index contributed by atoms with van der Waals surface area (Å²) in [7, 11) is 1.99. The van der Waals surface area contributed by atoms with E-state index in [1.165, 1.54) is 10.5 Å². The molecule has 0 aromatic heterocycles. The summed E-state index contributed by atoms with van der Waals surface area (Å²) < 4.78 is 11.2. The quantitative estimate of drug-likeness (QED) is 0.856. The molecule has 0 fully saturated rings. The first kappa shape index (κ1) is 14.3. The van der Waals surface area contributed by atoms with Crippen molar-refractivity contribution >= 4 is 11.8 Å². The molecule has 1 unspecified atom stereocenters. The highest BCUT2D eigenvalue weighted by atomic mass is 32.2. The van der Waals surface area contributed by atoms with Crippen molar-refractivity contribution in [1.82, 2.24) is 5.32 Å². The molecule has 21 heavy (non-hydrogen) atoms. The Hall–Kier alpha value is -1.65. The van der Waals surface area contributed by atoms with Crippen LogP contribution in [-0.4, -0.2) is 26.0 Å². The molecule has 1 aliphatic rings. The summed E-state index contributed by atoms with van der Waals surface area (Å²) in [6.07, 6.45) is 0. The zero-order valence-corrected chi connectivity index (χ0v) is 12.9. The first-order valence-electron chi connectivity index (χ1n) is 7.11. The first-order chi connectivity index (χ1) is 10.4. The van der Waals surface area contributed by atoms with E-state index in [4.69, 9.17) is 9.47 Å². The van der Waals surface area contributed by atoms with Crippen LogP contribution in [0.2, 0.25) is 0 Å². The lowest BCUT2D eigenvalue weighted by Gasteiger charge is -2.22. The van der Waals surface area contributed by atoms with Gasteiger partial charge in [-0.25, -0.2) is 0 Å². The Balaban J connectivity index is 1.71. The molecule has 2 aromatic carbocycles. The minimum atomic E-state index is 0.283. The van der Waals surface area contributed by atoms with Gasteiger partial charge in [-0.15, -0.1) is 11.8 Å². The van der Waals surface area contributed by atoms with Crippen LogP contribution in [0.15, 0.2) is 53.4 Å². The van der Waals surface area contributed by atoms with Crippen molar-refractivity contribution in [2.45, 2.75) is 10.9 Å². The van der Waals surface area contributed by atoms with Crippen LogP contribution in [0.5, 0.6) is 11.5 Å². The lowest BCUT2D eigenvalue weighted by molar-refractivity contribution is 0.171. The van der Waals surface area contributed by atoms with Crippen molar-refractivity contribution in [3.05, 3.63) is 54.1 Å². The van der Waals surface area contributed by atoms with Crippen LogP contribution in [0, 0.1) is 0 Å². The van der Waals surface area contributed by atoms with Crippen molar-refractivity contribution in [2.75, 3.05) is 26.0 Å². The Labute approximate surface area is 129 Å². The molecule has 1 N–H and O–H groups in total. The van der Waals surface area contributed by atoms with E-state index in [2.05, 4.69) is 41.7 Å². The van der Waals surface area contributed by atoms with Gasteiger partial charge in [0.1, 0.15) is 13.2 Å². The molecule has 0 aliphatic carbocycles. The van der Waals surface area contributed by atoms with Crippen LogP contribution in [0.1, 0.15) is 11.6 Å². The molecule has 0 amide bonds. The zero-order valence-electron chi connectivity index (χ0n) is 12.0. The minimum Gasteiger partial charge on any atom is -0.486 e. The summed E-state index contributed by atoms with van der Waals surface area (Å²) in [6.45, 7) is 1.26. The fourth-order valence-corrected chi connectivity index (χ4v) is 3.39. The summed E-state index contributed by atoms with van der Waals surface area (Å²) in [5.41, 5.74) is 1.23. The summed E-state index contributed by atoms with van der Waals surface area (Å²) >= 11 is 1.85. The largest absolute Gasteiger partial charge is 0.486 e. The summed E-state index contributed by atoms with van der Waals surface area (Å²) in [5.74, 6) is 2.67. The summed E-state index contributed by atoms with van der Waals surface area (Å²) in [6, 6.07) is 16.9. The molecular weight excluding hydrogens is 282 g/mol. The van der Waals surface area contributed by atoms with Gasteiger partial charge in [-0.1, -0.05) is 24.3 Å². The van der Waals surface area contributed by atoms with Gasteiger partial charge in [0, 0.05) is 16.7 Å². The maximum atomic E-state index is 5.66. The number of nitrogens with one attached hydrogen (secondary N) is 1. The van der Waals surface area contributed by atoms with E-state index in [9.17, 15) is 0 Å². The summed E-state index contributed by atoms with van der Waals surface area (Å²) in [4.78, 5) is 1.29. The first-order valence-corrected chi connectivity index (χ1v) is 8.10. The van der Waals surface area contributed by atoms with Gasteiger partial charge in [-0.05, 0) is 36.9 Å². The Morgan fingerprint density at radius 3 is 2.57 bits per heavy atom. The average molecular weight is 301 g/mol. The predicted molar refractivity (Wildman–Crippen MR) is 86.4 cm³/mol. The number of hydrogen-bond donors (Lipinski definition) is 1. The van der Waals surface area contributed by atoms with Gasteiger partial charge in [0.05, 0.1) is 0 Å². The molecule has 3 rings (SSSR count). The third-order valence-electron chi connectivity index (χ3n) is 3.48. The highest BCUT2D eigenvalue weighted by Crippen LogP contribution is 2.34. The van der Waals surface area contributed by atoms with Crippen LogP contribution >= 0.6 is 11.8 Å². The number of thioether (sulfide) groups is 1. The Morgan fingerprint density at radius 2 is 1.81 bits per heavy atom. The second kappa shape index (κ2) is 6.87. The van der Waals surface area contributed by atoms with Crippen LogP contribution in [-0.2, 0) is 0 Å². The maximum Gasteiger partial charge on any atom is 0.161 e. The number of rotatable bonds is 5. The minimum absolute atomic E-state index is 0.283. The van der Waals surface area contributed by atoms with Gasteiger partial charge in [0.2, 0.25) is 0 Å². The van der Waals surface area contributed by atoms with E-state index in [0.29, 0.717) is 13.2 Å². The van der Waals surface area contributed by atoms with E-state index in [1.807, 2.05) is 30.9 Å². The van der Waals surface area contributed by atoms with Gasteiger partial charge >= 0.3 is 0 Å². The number of fused-ring (bicyclic) bond motifs is 1. The third kappa shape index (κ3) is 3.52. The second-order valence-corrected chi connectivity index (χ2v) is 5.96. The SMILES string of the molecule is CNC(CSc1ccccc1)c1ccc2c(c1)OCCO2. The maximum absolute atomic E-state index is 5.66. The molecule has 4 heteroatoms. The fourth-order valence-electron chi connectivity index (χ4n) is 2.32. The topological polar surface area (TPSA) is 30.5 Å². The van der Waals surface area contributed by atoms with Crippen molar-refractivity contribution < 1.29 is 9.47 Å². The average Bonchev–Trinajstić information content (AvgIpc) is 2.56. The van der Waals surface area contributed by atoms with Gasteiger partial charge in [-0.3, -0.25) is 0 Å². The highest BCUT2D eigenvalue weighted by Gasteiger charge is 2.16. The Bertz CT molecular complexity index is 589. The molecule has 0 saturated heterocycles. The standard InChI is InChI=1S/C17H19NO2S/c1-18-15(12-21-14-5-3-2-4-6-14)13-7-8-16-17(11-13)20-10-9-19-16/h2-8,11,15,18H,9-10,12H2,1H3. The molecule has 1 heterocycles. The van der Waals surface area contributed by atoms with Crippen LogP contribution < -0.4 is 14.8 Å². The van der Waals surface area contributed by atoms with E-state index in [-0.39, 0.29) is 6.04 Å². The monoisotopic (exact) mass is 301 g/mol. The van der Waals surface area contributed by atoms with Crippen LogP contribution in [0.25, 0.3) is 0 Å². The lowest BCUT2D eigenvalue weighted by atomic mass is 10.1. The third-order valence-corrected chi connectivity index (χ3v) is 4.58. The highest BCUT2D eigenvalue weighted by molar-refractivity contribution is 7.99. The molecular formula is C17H19NO2S. The van der Waals surface area contributed by atoms with Gasteiger partial charge in [-0.2, -0.15) is 0 Å². The molecule has 1 aliphatic heterocycles. The Kier molecular flexibility index (Phi) is 4.68. The van der Waals surface area contributed by atoms with Crippen molar-refractivity contribution in [2.24, 2.45) is 0 Å². The van der Waals surface area contributed by atoms with E-state index >= 15 is 0 Å². The molecule has 3 nitrogen and oxygen atoms in total. The van der Waals surface area contributed by atoms with E-state index < -0.39 is 0 Å². The van der Waals surface area contributed by atoms with E-state index in [1.54, 1.807) is 0 Å². The predicted octanol–water partition coefficient (Wildman–Crippen LogP) is 3.51. The Morgan fingerprint density at radius 1 is 1.05 bits per heavy atom. The molecule has 0 radical (unpaired) electrons. The fraction of sp³-hybridized carbons (Fsp3) is 0.294. The van der Waals surface area contributed by atoms with Gasteiger partial charge in [0.15, 0.2) is 11.5 Å². The normalized spacial score (nSPS) is 14.7. The molecule has 0 bridgehead atoms. The van der Waals surface area contributed by atoms with E-state index in [0.717, 1.165) is 17.3 Å². The van der Waals surface area contributed by atoms with Crippen LogP contribution in [0.4, 0.5) is 0 Å². The number of benzene rings is 2. The van der Waals surface area contributed by atoms with Crippen LogP contribution in [0.3, 0.4) is 0 Å². The lowest BCUT2D eigenvalue weighted by Crippen LogP contribution is -2.20. The van der Waals surface area contributed by atoms with Crippen molar-refractivity contribution in [3.63, 3.8) is 0 Å².